The molecule has 1 saturated heterocycles. The molecule has 0 aliphatic carbocycles. The SMILES string of the molecule is CCCCCNC(=O)N1CCC[C@@H](C(=O)Nc2nncs2)C1. The van der Waals surface area contributed by atoms with E-state index in [0.29, 0.717) is 24.8 Å². The van der Waals surface area contributed by atoms with Crippen LogP contribution in [0.3, 0.4) is 0 Å². The van der Waals surface area contributed by atoms with Crippen molar-refractivity contribution in [1.29, 1.82) is 0 Å². The van der Waals surface area contributed by atoms with Gasteiger partial charge in [0.25, 0.3) is 0 Å². The number of aromatic nitrogens is 2. The van der Waals surface area contributed by atoms with Crippen molar-refractivity contribution in [2.75, 3.05) is 25.0 Å². The van der Waals surface area contributed by atoms with Crippen molar-refractivity contribution in [3.8, 4) is 0 Å². The zero-order chi connectivity index (χ0) is 15.8. The van der Waals surface area contributed by atoms with Crippen LogP contribution in [0.2, 0.25) is 0 Å². The maximum atomic E-state index is 12.2. The minimum Gasteiger partial charge on any atom is -0.338 e. The summed E-state index contributed by atoms with van der Waals surface area (Å²) >= 11 is 1.29. The highest BCUT2D eigenvalue weighted by molar-refractivity contribution is 7.13. The molecule has 0 unspecified atom stereocenters. The van der Waals surface area contributed by atoms with Gasteiger partial charge in [-0.3, -0.25) is 4.79 Å². The number of anilines is 1. The van der Waals surface area contributed by atoms with Crippen molar-refractivity contribution in [3.63, 3.8) is 0 Å². The lowest BCUT2D eigenvalue weighted by Gasteiger charge is -2.31. The van der Waals surface area contributed by atoms with Gasteiger partial charge in [-0.1, -0.05) is 31.1 Å². The minimum absolute atomic E-state index is 0.0653. The van der Waals surface area contributed by atoms with Crippen LogP contribution in [0.4, 0.5) is 9.93 Å². The van der Waals surface area contributed by atoms with Gasteiger partial charge in [0, 0.05) is 19.6 Å². The third-order valence-electron chi connectivity index (χ3n) is 3.73. The van der Waals surface area contributed by atoms with E-state index >= 15 is 0 Å². The standard InChI is InChI=1S/C14H23N5O2S/c1-2-3-4-7-15-14(21)19-8-5-6-11(9-19)12(20)17-13-18-16-10-22-13/h10-11H,2-9H2,1H3,(H,15,21)(H,17,18,20)/t11-/m1/s1. The second-order valence-corrected chi connectivity index (χ2v) is 6.29. The van der Waals surface area contributed by atoms with Crippen molar-refractivity contribution in [2.24, 2.45) is 5.92 Å². The first-order valence-corrected chi connectivity index (χ1v) is 8.68. The molecule has 1 aromatic heterocycles. The number of likely N-dealkylation sites (tertiary alicyclic amines) is 1. The van der Waals surface area contributed by atoms with Crippen LogP contribution in [0.25, 0.3) is 0 Å². The highest BCUT2D eigenvalue weighted by atomic mass is 32.1. The van der Waals surface area contributed by atoms with Crippen LogP contribution in [0.5, 0.6) is 0 Å². The van der Waals surface area contributed by atoms with Gasteiger partial charge in [0.15, 0.2) is 0 Å². The van der Waals surface area contributed by atoms with Crippen molar-refractivity contribution in [1.82, 2.24) is 20.4 Å². The zero-order valence-corrected chi connectivity index (χ0v) is 13.7. The summed E-state index contributed by atoms with van der Waals surface area (Å²) in [5.41, 5.74) is 1.58. The minimum atomic E-state index is -0.181. The van der Waals surface area contributed by atoms with Gasteiger partial charge in [0.2, 0.25) is 11.0 Å². The molecule has 7 nitrogen and oxygen atoms in total. The van der Waals surface area contributed by atoms with Crippen molar-refractivity contribution in [3.05, 3.63) is 5.51 Å². The van der Waals surface area contributed by atoms with Crippen LogP contribution in [-0.2, 0) is 4.79 Å². The monoisotopic (exact) mass is 325 g/mol. The van der Waals surface area contributed by atoms with Gasteiger partial charge in [0.05, 0.1) is 5.92 Å². The molecule has 1 aliphatic heterocycles. The fourth-order valence-electron chi connectivity index (χ4n) is 2.49. The molecule has 0 radical (unpaired) electrons. The summed E-state index contributed by atoms with van der Waals surface area (Å²) in [6.45, 7) is 4.00. The summed E-state index contributed by atoms with van der Waals surface area (Å²) in [6, 6.07) is -0.0653. The Morgan fingerprint density at radius 2 is 2.32 bits per heavy atom. The summed E-state index contributed by atoms with van der Waals surface area (Å²) < 4.78 is 0. The first kappa shape index (κ1) is 16.7. The Balaban J connectivity index is 1.78. The molecule has 2 rings (SSSR count). The van der Waals surface area contributed by atoms with Crippen LogP contribution >= 0.6 is 11.3 Å². The Bertz CT molecular complexity index is 480. The number of carbonyl (C=O) groups excluding carboxylic acids is 2. The smallest absolute Gasteiger partial charge is 0.317 e. The molecule has 122 valence electrons. The number of piperidine rings is 1. The number of unbranched alkanes of at least 4 members (excludes halogenated alkanes) is 2. The Morgan fingerprint density at radius 1 is 1.45 bits per heavy atom. The van der Waals surface area contributed by atoms with Crippen LogP contribution in [-0.4, -0.2) is 46.7 Å². The van der Waals surface area contributed by atoms with Crippen molar-refractivity contribution in [2.45, 2.75) is 39.0 Å². The molecule has 2 heterocycles. The largest absolute Gasteiger partial charge is 0.338 e. The molecule has 3 amide bonds. The molecular formula is C14H23N5O2S. The van der Waals surface area contributed by atoms with E-state index in [1.165, 1.54) is 11.3 Å². The first-order valence-electron chi connectivity index (χ1n) is 7.80. The van der Waals surface area contributed by atoms with Crippen LogP contribution < -0.4 is 10.6 Å². The number of nitrogens with one attached hydrogen (secondary N) is 2. The van der Waals surface area contributed by atoms with E-state index < -0.39 is 0 Å². The summed E-state index contributed by atoms with van der Waals surface area (Å²) in [5.74, 6) is -0.265. The predicted octanol–water partition coefficient (Wildman–Crippen LogP) is 2.09. The maximum absolute atomic E-state index is 12.2. The number of nitrogens with zero attached hydrogens (tertiary/aromatic N) is 3. The second kappa shape index (κ2) is 8.67. The van der Waals surface area contributed by atoms with E-state index in [1.54, 1.807) is 10.4 Å². The first-order chi connectivity index (χ1) is 10.7. The number of hydrogen-bond donors (Lipinski definition) is 2. The van der Waals surface area contributed by atoms with Crippen molar-refractivity contribution < 1.29 is 9.59 Å². The molecule has 1 aliphatic rings. The lowest BCUT2D eigenvalue weighted by molar-refractivity contribution is -0.121. The van der Waals surface area contributed by atoms with Crippen LogP contribution in [0.15, 0.2) is 5.51 Å². The summed E-state index contributed by atoms with van der Waals surface area (Å²) in [7, 11) is 0. The number of amides is 3. The van der Waals surface area contributed by atoms with Crippen LogP contribution in [0, 0.1) is 5.92 Å². The van der Waals surface area contributed by atoms with Gasteiger partial charge in [-0.25, -0.2) is 4.79 Å². The second-order valence-electron chi connectivity index (χ2n) is 5.46. The van der Waals surface area contributed by atoms with Gasteiger partial charge < -0.3 is 15.5 Å². The highest BCUT2D eigenvalue weighted by Crippen LogP contribution is 2.19. The average molecular weight is 325 g/mol. The lowest BCUT2D eigenvalue weighted by atomic mass is 9.97. The number of carbonyl (C=O) groups is 2. The molecule has 1 atom stereocenters. The van der Waals surface area contributed by atoms with Crippen molar-refractivity contribution >= 4 is 28.4 Å². The molecule has 1 fully saturated rings. The van der Waals surface area contributed by atoms with E-state index in [2.05, 4.69) is 27.8 Å². The van der Waals surface area contributed by atoms with E-state index in [-0.39, 0.29) is 17.9 Å². The van der Waals surface area contributed by atoms with Gasteiger partial charge in [-0.05, 0) is 19.3 Å². The van der Waals surface area contributed by atoms with E-state index in [1.807, 2.05) is 0 Å². The highest BCUT2D eigenvalue weighted by Gasteiger charge is 2.28. The topological polar surface area (TPSA) is 87.2 Å². The molecule has 2 N–H and O–H groups in total. The number of rotatable bonds is 6. The van der Waals surface area contributed by atoms with Crippen LogP contribution in [0.1, 0.15) is 39.0 Å². The van der Waals surface area contributed by atoms with Gasteiger partial charge in [0.1, 0.15) is 5.51 Å². The number of urea groups is 1. The fraction of sp³-hybridized carbons (Fsp3) is 0.714. The molecule has 22 heavy (non-hydrogen) atoms. The molecular weight excluding hydrogens is 302 g/mol. The number of hydrogen-bond acceptors (Lipinski definition) is 5. The average Bonchev–Trinajstić information content (AvgIpc) is 3.04. The Labute approximate surface area is 134 Å². The Kier molecular flexibility index (Phi) is 6.57. The Hall–Kier alpha value is -1.70. The van der Waals surface area contributed by atoms with Gasteiger partial charge >= 0.3 is 6.03 Å². The quantitative estimate of drug-likeness (QED) is 0.784. The molecule has 0 aromatic carbocycles. The van der Waals surface area contributed by atoms with E-state index in [9.17, 15) is 9.59 Å². The molecule has 0 saturated carbocycles. The normalized spacial score (nSPS) is 18.0. The fourth-order valence-corrected chi connectivity index (χ4v) is 2.94. The molecule has 0 bridgehead atoms. The molecule has 0 spiro atoms. The Morgan fingerprint density at radius 3 is 3.05 bits per heavy atom. The third kappa shape index (κ3) is 4.94. The van der Waals surface area contributed by atoms with Gasteiger partial charge in [-0.2, -0.15) is 0 Å². The van der Waals surface area contributed by atoms with Gasteiger partial charge in [-0.15, -0.1) is 10.2 Å². The molecule has 1 aromatic rings. The summed E-state index contributed by atoms with van der Waals surface area (Å²) in [5, 5.41) is 13.7. The third-order valence-corrected chi connectivity index (χ3v) is 4.33. The maximum Gasteiger partial charge on any atom is 0.317 e. The summed E-state index contributed by atoms with van der Waals surface area (Å²) in [6.07, 6.45) is 4.89. The molecule has 8 heteroatoms. The van der Waals surface area contributed by atoms with E-state index in [4.69, 9.17) is 0 Å². The van der Waals surface area contributed by atoms with E-state index in [0.717, 1.165) is 32.1 Å². The predicted molar refractivity (Wildman–Crippen MR) is 85.8 cm³/mol. The zero-order valence-electron chi connectivity index (χ0n) is 12.9. The summed E-state index contributed by atoms with van der Waals surface area (Å²) in [4.78, 5) is 26.0. The lowest BCUT2D eigenvalue weighted by Crippen LogP contribution is -2.48.